The fourth-order valence-corrected chi connectivity index (χ4v) is 1.95. The maximum atomic E-state index is 11.5. The molecule has 0 spiro atoms. The Hall–Kier alpha value is -1.10. The summed E-state index contributed by atoms with van der Waals surface area (Å²) in [6, 6.07) is 7.06. The van der Waals surface area contributed by atoms with Gasteiger partial charge in [-0.3, -0.25) is 4.79 Å². The van der Waals surface area contributed by atoms with Gasteiger partial charge in [0.2, 0.25) is 5.91 Å². The lowest BCUT2D eigenvalue weighted by atomic mass is 10.1. The first-order chi connectivity index (χ1) is 9.15. The third-order valence-electron chi connectivity index (χ3n) is 2.76. The van der Waals surface area contributed by atoms with E-state index in [0.29, 0.717) is 23.6 Å². The van der Waals surface area contributed by atoms with Gasteiger partial charge in [-0.1, -0.05) is 29.8 Å². The number of methoxy groups -OCH3 is 1. The topological polar surface area (TPSA) is 58.6 Å². The van der Waals surface area contributed by atoms with Crippen LogP contribution in [0.3, 0.4) is 0 Å². The maximum Gasteiger partial charge on any atom is 0.220 e. The van der Waals surface area contributed by atoms with Crippen molar-refractivity contribution in [3.05, 3.63) is 34.9 Å². The highest BCUT2D eigenvalue weighted by Gasteiger charge is 2.12. The normalized spacial score (nSPS) is 12.2. The first-order valence-corrected chi connectivity index (χ1v) is 6.71. The lowest BCUT2D eigenvalue weighted by Crippen LogP contribution is -2.28. The molecular weight excluding hydrogens is 266 g/mol. The van der Waals surface area contributed by atoms with Crippen molar-refractivity contribution in [2.24, 2.45) is 0 Å². The van der Waals surface area contributed by atoms with Crippen molar-refractivity contribution < 1.29 is 14.6 Å². The van der Waals surface area contributed by atoms with E-state index in [1.807, 2.05) is 0 Å². The van der Waals surface area contributed by atoms with Gasteiger partial charge < -0.3 is 15.2 Å². The average molecular weight is 286 g/mol. The molecule has 0 saturated carbocycles. The van der Waals surface area contributed by atoms with E-state index in [4.69, 9.17) is 16.3 Å². The van der Waals surface area contributed by atoms with Crippen molar-refractivity contribution in [2.45, 2.75) is 25.4 Å². The van der Waals surface area contributed by atoms with E-state index in [1.165, 1.54) is 0 Å². The molecule has 19 heavy (non-hydrogen) atoms. The van der Waals surface area contributed by atoms with Gasteiger partial charge in [-0.25, -0.2) is 0 Å². The van der Waals surface area contributed by atoms with Crippen molar-refractivity contribution in [3.8, 4) is 0 Å². The highest BCUT2D eigenvalue weighted by atomic mass is 35.5. The SMILES string of the molecule is COCCCCC(=O)NCC(O)c1ccccc1Cl. The third kappa shape index (κ3) is 6.05. The van der Waals surface area contributed by atoms with Crippen LogP contribution in [0, 0.1) is 0 Å². The predicted octanol–water partition coefficient (Wildman–Crippen LogP) is 2.31. The molecule has 0 aliphatic heterocycles. The van der Waals surface area contributed by atoms with Gasteiger partial charge in [0, 0.05) is 37.3 Å². The molecule has 2 N–H and O–H groups in total. The molecule has 106 valence electrons. The number of aliphatic hydroxyl groups excluding tert-OH is 1. The minimum absolute atomic E-state index is 0.0674. The van der Waals surface area contributed by atoms with Gasteiger partial charge in [-0.2, -0.15) is 0 Å². The number of ether oxygens (including phenoxy) is 1. The minimum atomic E-state index is -0.781. The summed E-state index contributed by atoms with van der Waals surface area (Å²) in [7, 11) is 1.64. The second-order valence-corrected chi connectivity index (χ2v) is 4.70. The molecule has 0 saturated heterocycles. The zero-order valence-corrected chi connectivity index (χ0v) is 11.8. The number of carbonyl (C=O) groups is 1. The minimum Gasteiger partial charge on any atom is -0.387 e. The van der Waals surface area contributed by atoms with Crippen LogP contribution in [0.4, 0.5) is 0 Å². The summed E-state index contributed by atoms with van der Waals surface area (Å²) < 4.78 is 4.91. The van der Waals surface area contributed by atoms with E-state index in [9.17, 15) is 9.90 Å². The molecule has 0 aliphatic rings. The number of unbranched alkanes of at least 4 members (excludes halogenated alkanes) is 1. The first-order valence-electron chi connectivity index (χ1n) is 6.33. The van der Waals surface area contributed by atoms with E-state index in [2.05, 4.69) is 5.32 Å². The molecule has 5 heteroatoms. The number of hydrogen-bond acceptors (Lipinski definition) is 3. The quantitative estimate of drug-likeness (QED) is 0.721. The average Bonchev–Trinajstić information content (AvgIpc) is 2.41. The molecule has 0 fully saturated rings. The van der Waals surface area contributed by atoms with E-state index in [1.54, 1.807) is 31.4 Å². The summed E-state index contributed by atoms with van der Waals surface area (Å²) >= 11 is 5.97. The molecule has 1 amide bonds. The van der Waals surface area contributed by atoms with Gasteiger partial charge in [-0.05, 0) is 18.9 Å². The number of halogens is 1. The molecule has 0 aliphatic carbocycles. The molecule has 1 atom stereocenters. The van der Waals surface area contributed by atoms with Gasteiger partial charge in [0.25, 0.3) is 0 Å². The van der Waals surface area contributed by atoms with Crippen LogP contribution in [0.1, 0.15) is 30.9 Å². The largest absolute Gasteiger partial charge is 0.387 e. The van der Waals surface area contributed by atoms with E-state index in [-0.39, 0.29) is 12.5 Å². The molecular formula is C14H20ClNO3. The number of benzene rings is 1. The number of carbonyl (C=O) groups excluding carboxylic acids is 1. The fraction of sp³-hybridized carbons (Fsp3) is 0.500. The van der Waals surface area contributed by atoms with Gasteiger partial charge in [0.1, 0.15) is 0 Å². The second-order valence-electron chi connectivity index (χ2n) is 4.29. The van der Waals surface area contributed by atoms with E-state index >= 15 is 0 Å². The third-order valence-corrected chi connectivity index (χ3v) is 3.10. The van der Waals surface area contributed by atoms with Crippen LogP contribution in [0.25, 0.3) is 0 Å². The number of rotatable bonds is 8. The van der Waals surface area contributed by atoms with Gasteiger partial charge in [-0.15, -0.1) is 0 Å². The van der Waals surface area contributed by atoms with Crippen LogP contribution in [-0.2, 0) is 9.53 Å². The van der Waals surface area contributed by atoms with Crippen LogP contribution < -0.4 is 5.32 Å². The molecule has 1 aromatic rings. The fourth-order valence-electron chi connectivity index (χ4n) is 1.69. The monoisotopic (exact) mass is 285 g/mol. The Labute approximate surface area is 118 Å². The Balaban J connectivity index is 2.28. The lowest BCUT2D eigenvalue weighted by Gasteiger charge is -2.13. The molecule has 0 radical (unpaired) electrons. The summed E-state index contributed by atoms with van der Waals surface area (Å²) in [5, 5.41) is 13.1. The Bertz CT molecular complexity index is 398. The summed E-state index contributed by atoms with van der Waals surface area (Å²) in [6.07, 6.45) is 1.30. The van der Waals surface area contributed by atoms with Crippen molar-refractivity contribution in [3.63, 3.8) is 0 Å². The number of hydrogen-bond donors (Lipinski definition) is 2. The predicted molar refractivity (Wildman–Crippen MR) is 75.1 cm³/mol. The van der Waals surface area contributed by atoms with E-state index < -0.39 is 6.10 Å². The van der Waals surface area contributed by atoms with Crippen molar-refractivity contribution >= 4 is 17.5 Å². The Morgan fingerprint density at radius 2 is 2.16 bits per heavy atom. The molecule has 0 aromatic heterocycles. The molecule has 0 heterocycles. The zero-order valence-electron chi connectivity index (χ0n) is 11.1. The van der Waals surface area contributed by atoms with Crippen molar-refractivity contribution in [2.75, 3.05) is 20.3 Å². The van der Waals surface area contributed by atoms with Crippen molar-refractivity contribution in [1.82, 2.24) is 5.32 Å². The van der Waals surface area contributed by atoms with Crippen LogP contribution in [0.15, 0.2) is 24.3 Å². The highest BCUT2D eigenvalue weighted by molar-refractivity contribution is 6.31. The highest BCUT2D eigenvalue weighted by Crippen LogP contribution is 2.21. The lowest BCUT2D eigenvalue weighted by molar-refractivity contribution is -0.121. The molecule has 0 bridgehead atoms. The maximum absolute atomic E-state index is 11.5. The molecule has 1 aromatic carbocycles. The second kappa shape index (κ2) is 8.91. The van der Waals surface area contributed by atoms with Crippen LogP contribution in [0.5, 0.6) is 0 Å². The molecule has 4 nitrogen and oxygen atoms in total. The number of nitrogens with one attached hydrogen (secondary N) is 1. The Morgan fingerprint density at radius 3 is 2.84 bits per heavy atom. The zero-order chi connectivity index (χ0) is 14.1. The molecule has 1 rings (SSSR count). The van der Waals surface area contributed by atoms with Crippen LogP contribution in [0.2, 0.25) is 5.02 Å². The Kier molecular flexibility index (Phi) is 7.48. The summed E-state index contributed by atoms with van der Waals surface area (Å²) in [5.74, 6) is -0.0674. The standard InChI is InChI=1S/C14H20ClNO3/c1-19-9-5-4-8-14(18)16-10-13(17)11-6-2-3-7-12(11)15/h2-3,6-7,13,17H,4-5,8-10H2,1H3,(H,16,18). The Morgan fingerprint density at radius 1 is 1.42 bits per heavy atom. The molecule has 1 unspecified atom stereocenters. The first kappa shape index (κ1) is 16.0. The number of amides is 1. The van der Waals surface area contributed by atoms with E-state index in [0.717, 1.165) is 12.8 Å². The summed E-state index contributed by atoms with van der Waals surface area (Å²) in [4.78, 5) is 11.5. The van der Waals surface area contributed by atoms with Crippen LogP contribution >= 0.6 is 11.6 Å². The van der Waals surface area contributed by atoms with Gasteiger partial charge >= 0.3 is 0 Å². The van der Waals surface area contributed by atoms with Gasteiger partial charge in [0.15, 0.2) is 0 Å². The smallest absolute Gasteiger partial charge is 0.220 e. The van der Waals surface area contributed by atoms with Gasteiger partial charge in [0.05, 0.1) is 6.10 Å². The summed E-state index contributed by atoms with van der Waals surface area (Å²) in [6.45, 7) is 0.836. The van der Waals surface area contributed by atoms with Crippen LogP contribution in [-0.4, -0.2) is 31.3 Å². The number of aliphatic hydroxyl groups is 1. The summed E-state index contributed by atoms with van der Waals surface area (Å²) in [5.41, 5.74) is 0.629. The van der Waals surface area contributed by atoms with Crippen molar-refractivity contribution in [1.29, 1.82) is 0 Å².